The molecule has 0 saturated carbocycles. The van der Waals surface area contributed by atoms with Gasteiger partial charge in [-0.1, -0.05) is 18.6 Å². The molecule has 3 aromatic rings. The van der Waals surface area contributed by atoms with Crippen molar-refractivity contribution in [3.63, 3.8) is 0 Å². The zero-order valence-electron chi connectivity index (χ0n) is 17.6. The minimum atomic E-state index is -0.168. The van der Waals surface area contributed by atoms with E-state index in [1.54, 1.807) is 11.8 Å². The third kappa shape index (κ3) is 5.22. The van der Waals surface area contributed by atoms with Crippen LogP contribution < -0.4 is 5.32 Å². The van der Waals surface area contributed by atoms with Gasteiger partial charge in [-0.3, -0.25) is 9.59 Å². The fourth-order valence-corrected chi connectivity index (χ4v) is 4.18. The van der Waals surface area contributed by atoms with Crippen LogP contribution in [0.2, 0.25) is 0 Å². The number of nitrogens with zero attached hydrogens (tertiary/aromatic N) is 3. The van der Waals surface area contributed by atoms with Crippen LogP contribution in [-0.4, -0.2) is 32.7 Å². The van der Waals surface area contributed by atoms with Crippen LogP contribution in [0.4, 0.5) is 5.69 Å². The van der Waals surface area contributed by atoms with E-state index in [1.807, 2.05) is 54.8 Å². The first-order valence-corrected chi connectivity index (χ1v) is 11.9. The van der Waals surface area contributed by atoms with E-state index in [2.05, 4.69) is 20.1 Å². The van der Waals surface area contributed by atoms with Crippen molar-refractivity contribution >= 4 is 29.1 Å². The Balaban J connectivity index is 1.33. The van der Waals surface area contributed by atoms with E-state index in [0.717, 1.165) is 47.9 Å². The summed E-state index contributed by atoms with van der Waals surface area (Å²) in [6.45, 7) is 0.949. The van der Waals surface area contributed by atoms with Crippen molar-refractivity contribution in [1.82, 2.24) is 14.8 Å². The van der Waals surface area contributed by atoms with Crippen molar-refractivity contribution < 1.29 is 9.59 Å². The summed E-state index contributed by atoms with van der Waals surface area (Å²) in [5.41, 5.74) is 2.34. The molecule has 0 spiro atoms. The lowest BCUT2D eigenvalue weighted by atomic mass is 10.1. The molecule has 1 N–H and O–H groups in total. The molecule has 0 atom stereocenters. The maximum absolute atomic E-state index is 12.3. The minimum Gasteiger partial charge on any atom is -0.326 e. The van der Waals surface area contributed by atoms with Gasteiger partial charge in [-0.25, -0.2) is 0 Å². The number of Topliss-reactive ketones (excluding diaryl/α,β-unsaturated/α-hetero) is 1. The number of aromatic nitrogens is 3. The van der Waals surface area contributed by atoms with E-state index in [1.165, 1.54) is 6.42 Å². The molecule has 7 heteroatoms. The SMILES string of the molecule is CSc1ccc(C(=O)CCC(=O)Nc2ccc(-c3nnc4n3CCCCC4)cc2)cc1. The number of nitrogens with one attached hydrogen (secondary N) is 1. The van der Waals surface area contributed by atoms with Crippen LogP contribution in [0.15, 0.2) is 53.4 Å². The lowest BCUT2D eigenvalue weighted by Gasteiger charge is -2.09. The molecule has 0 aliphatic carbocycles. The summed E-state index contributed by atoms with van der Waals surface area (Å²) in [5.74, 6) is 1.74. The molecule has 0 unspecified atom stereocenters. The Labute approximate surface area is 186 Å². The summed E-state index contributed by atoms with van der Waals surface area (Å²) in [4.78, 5) is 25.7. The molecule has 0 bridgehead atoms. The molecule has 31 heavy (non-hydrogen) atoms. The Kier molecular flexibility index (Phi) is 6.82. The average Bonchev–Trinajstić information content (AvgIpc) is 3.06. The monoisotopic (exact) mass is 434 g/mol. The molecule has 160 valence electrons. The molecule has 1 amide bonds. The second-order valence-electron chi connectivity index (χ2n) is 7.68. The van der Waals surface area contributed by atoms with Crippen molar-refractivity contribution in [2.75, 3.05) is 11.6 Å². The zero-order chi connectivity index (χ0) is 21.6. The highest BCUT2D eigenvalue weighted by Crippen LogP contribution is 2.24. The number of hydrogen-bond donors (Lipinski definition) is 1. The number of benzene rings is 2. The zero-order valence-corrected chi connectivity index (χ0v) is 18.5. The quantitative estimate of drug-likeness (QED) is 0.418. The third-order valence-corrected chi connectivity index (χ3v) is 6.27. The summed E-state index contributed by atoms with van der Waals surface area (Å²) in [6.07, 6.45) is 6.84. The number of ketones is 1. The predicted molar refractivity (Wildman–Crippen MR) is 123 cm³/mol. The summed E-state index contributed by atoms with van der Waals surface area (Å²) in [7, 11) is 0. The maximum Gasteiger partial charge on any atom is 0.224 e. The summed E-state index contributed by atoms with van der Waals surface area (Å²) in [5, 5.41) is 11.6. The first kappa shape index (κ1) is 21.3. The van der Waals surface area contributed by atoms with Crippen molar-refractivity contribution in [2.24, 2.45) is 0 Å². The van der Waals surface area contributed by atoms with Crippen LogP contribution in [0.5, 0.6) is 0 Å². The second kappa shape index (κ2) is 9.92. The van der Waals surface area contributed by atoms with Gasteiger partial charge in [0.1, 0.15) is 5.82 Å². The van der Waals surface area contributed by atoms with E-state index >= 15 is 0 Å². The number of rotatable bonds is 7. The molecule has 2 heterocycles. The number of amides is 1. The van der Waals surface area contributed by atoms with Gasteiger partial charge in [-0.05, 0) is 55.5 Å². The van der Waals surface area contributed by atoms with Gasteiger partial charge in [0.25, 0.3) is 0 Å². The van der Waals surface area contributed by atoms with E-state index in [9.17, 15) is 9.59 Å². The minimum absolute atomic E-state index is 0.0225. The molecule has 1 aliphatic heterocycles. The second-order valence-corrected chi connectivity index (χ2v) is 8.56. The number of fused-ring (bicyclic) bond motifs is 1. The van der Waals surface area contributed by atoms with Crippen molar-refractivity contribution in [2.45, 2.75) is 50.0 Å². The average molecular weight is 435 g/mol. The Morgan fingerprint density at radius 3 is 2.48 bits per heavy atom. The lowest BCUT2D eigenvalue weighted by Crippen LogP contribution is -2.13. The number of anilines is 1. The highest BCUT2D eigenvalue weighted by atomic mass is 32.2. The van der Waals surface area contributed by atoms with Gasteiger partial charge in [0.2, 0.25) is 5.91 Å². The molecule has 0 radical (unpaired) electrons. The van der Waals surface area contributed by atoms with Crippen molar-refractivity contribution in [1.29, 1.82) is 0 Å². The van der Waals surface area contributed by atoms with Crippen LogP contribution in [0, 0.1) is 0 Å². The highest BCUT2D eigenvalue weighted by Gasteiger charge is 2.16. The molecule has 0 fully saturated rings. The topological polar surface area (TPSA) is 76.9 Å². The normalized spacial score (nSPS) is 13.3. The third-order valence-electron chi connectivity index (χ3n) is 5.53. The van der Waals surface area contributed by atoms with Gasteiger partial charge in [0.05, 0.1) is 0 Å². The molecular weight excluding hydrogens is 408 g/mol. The lowest BCUT2D eigenvalue weighted by molar-refractivity contribution is -0.116. The highest BCUT2D eigenvalue weighted by molar-refractivity contribution is 7.98. The molecule has 6 nitrogen and oxygen atoms in total. The molecule has 0 saturated heterocycles. The van der Waals surface area contributed by atoms with Gasteiger partial charge >= 0.3 is 0 Å². The summed E-state index contributed by atoms with van der Waals surface area (Å²) < 4.78 is 2.21. The standard InChI is InChI=1S/C24H26N4O2S/c1-31-20-12-8-17(9-13-20)21(29)14-15-23(30)25-19-10-6-18(7-11-19)24-27-26-22-5-3-2-4-16-28(22)24/h6-13H,2-5,14-16H2,1H3,(H,25,30). The number of carbonyl (C=O) groups excluding carboxylic acids is 2. The first-order chi connectivity index (χ1) is 15.1. The Morgan fingerprint density at radius 2 is 1.74 bits per heavy atom. The van der Waals surface area contributed by atoms with E-state index in [0.29, 0.717) is 11.3 Å². The van der Waals surface area contributed by atoms with E-state index in [4.69, 9.17) is 0 Å². The summed E-state index contributed by atoms with van der Waals surface area (Å²) >= 11 is 1.63. The Bertz CT molecular complexity index is 1060. The predicted octanol–water partition coefficient (Wildman–Crippen LogP) is 5.00. The van der Waals surface area contributed by atoms with Crippen LogP contribution in [0.1, 0.15) is 48.3 Å². The first-order valence-electron chi connectivity index (χ1n) is 10.6. The van der Waals surface area contributed by atoms with Crippen LogP contribution in [0.25, 0.3) is 11.4 Å². The smallest absolute Gasteiger partial charge is 0.224 e. The van der Waals surface area contributed by atoms with Gasteiger partial charge < -0.3 is 9.88 Å². The fourth-order valence-electron chi connectivity index (χ4n) is 3.77. The molecule has 4 rings (SSSR count). The fraction of sp³-hybridized carbons (Fsp3) is 0.333. The Hall–Kier alpha value is -2.93. The molecule has 2 aromatic carbocycles. The van der Waals surface area contributed by atoms with Gasteiger partial charge in [-0.2, -0.15) is 0 Å². The van der Waals surface area contributed by atoms with E-state index in [-0.39, 0.29) is 24.5 Å². The van der Waals surface area contributed by atoms with Crippen LogP contribution >= 0.6 is 11.8 Å². The number of carbonyl (C=O) groups is 2. The van der Waals surface area contributed by atoms with Gasteiger partial charge in [-0.15, -0.1) is 22.0 Å². The molecule has 1 aliphatic rings. The molecule has 1 aromatic heterocycles. The van der Waals surface area contributed by atoms with Crippen molar-refractivity contribution in [3.05, 3.63) is 59.9 Å². The number of hydrogen-bond acceptors (Lipinski definition) is 5. The number of thioether (sulfide) groups is 1. The van der Waals surface area contributed by atoms with Crippen molar-refractivity contribution in [3.8, 4) is 11.4 Å². The van der Waals surface area contributed by atoms with Gasteiger partial charge in [0.15, 0.2) is 11.6 Å². The largest absolute Gasteiger partial charge is 0.326 e. The molecular formula is C24H26N4O2S. The Morgan fingerprint density at radius 1 is 0.968 bits per heavy atom. The van der Waals surface area contributed by atoms with Crippen LogP contribution in [0.3, 0.4) is 0 Å². The summed E-state index contributed by atoms with van der Waals surface area (Å²) in [6, 6.07) is 15.1. The number of aryl methyl sites for hydroxylation is 1. The van der Waals surface area contributed by atoms with Gasteiger partial charge in [0, 0.05) is 47.5 Å². The van der Waals surface area contributed by atoms with E-state index < -0.39 is 0 Å². The van der Waals surface area contributed by atoms with Crippen LogP contribution in [-0.2, 0) is 17.8 Å². The maximum atomic E-state index is 12.3.